The Morgan fingerprint density at radius 3 is 2.62 bits per heavy atom. The number of hydrogen-bond acceptors (Lipinski definition) is 5. The van der Waals surface area contributed by atoms with Crippen LogP contribution in [0.5, 0.6) is 0 Å². The second kappa shape index (κ2) is 8.16. The van der Waals surface area contributed by atoms with Crippen molar-refractivity contribution in [3.63, 3.8) is 0 Å². The van der Waals surface area contributed by atoms with E-state index in [2.05, 4.69) is 17.3 Å². The van der Waals surface area contributed by atoms with Gasteiger partial charge in [0.05, 0.1) is 19.3 Å². The molecule has 0 aliphatic carbocycles. The van der Waals surface area contributed by atoms with E-state index in [1.165, 1.54) is 6.42 Å². The summed E-state index contributed by atoms with van der Waals surface area (Å²) in [5.41, 5.74) is -0.531. The van der Waals surface area contributed by atoms with Gasteiger partial charge in [0.25, 0.3) is 0 Å². The summed E-state index contributed by atoms with van der Waals surface area (Å²) in [6.45, 7) is 8.61. The van der Waals surface area contributed by atoms with Crippen molar-refractivity contribution in [3.8, 4) is 0 Å². The van der Waals surface area contributed by atoms with E-state index in [0.29, 0.717) is 32.3 Å². The highest BCUT2D eigenvalue weighted by Gasteiger charge is 2.37. The average Bonchev–Trinajstić information content (AvgIpc) is 2.91. The van der Waals surface area contributed by atoms with Gasteiger partial charge in [0.2, 0.25) is 5.91 Å². The molecule has 2 aliphatic heterocycles. The average molecular weight is 341 g/mol. The molecule has 0 radical (unpaired) electrons. The molecule has 2 fully saturated rings. The van der Waals surface area contributed by atoms with Crippen LogP contribution >= 0.6 is 0 Å². The molecule has 7 nitrogen and oxygen atoms in total. The summed E-state index contributed by atoms with van der Waals surface area (Å²) in [6.07, 6.45) is 2.07. The first-order chi connectivity index (χ1) is 11.3. The summed E-state index contributed by atoms with van der Waals surface area (Å²) in [6, 6.07) is 0.480. The van der Waals surface area contributed by atoms with E-state index in [1.54, 1.807) is 0 Å². The standard InChI is InChI=1S/C17H31N3O4/c1-17(2,3)24-16(22)18-8-7-15(21)20-10-11-23-12-14(20)13-6-5-9-19(13)4/h13-14H,5-12H2,1-4H3,(H,18,22)/t13-,14+/m0/s1. The van der Waals surface area contributed by atoms with Crippen molar-refractivity contribution in [2.24, 2.45) is 0 Å². The minimum atomic E-state index is -0.531. The number of carbonyl (C=O) groups is 2. The Morgan fingerprint density at radius 1 is 1.25 bits per heavy atom. The van der Waals surface area contributed by atoms with Gasteiger partial charge in [0.1, 0.15) is 5.60 Å². The zero-order valence-electron chi connectivity index (χ0n) is 15.3. The number of rotatable bonds is 4. The summed E-state index contributed by atoms with van der Waals surface area (Å²) in [5, 5.41) is 2.65. The largest absolute Gasteiger partial charge is 0.444 e. The SMILES string of the molecule is CN1CCC[C@H]1[C@H]1COCCN1C(=O)CCNC(=O)OC(C)(C)C. The molecule has 24 heavy (non-hydrogen) atoms. The maximum Gasteiger partial charge on any atom is 0.407 e. The molecule has 0 unspecified atom stereocenters. The maximum atomic E-state index is 12.6. The highest BCUT2D eigenvalue weighted by atomic mass is 16.6. The molecule has 0 aromatic carbocycles. The summed E-state index contributed by atoms with van der Waals surface area (Å²) in [4.78, 5) is 28.5. The van der Waals surface area contributed by atoms with E-state index in [1.807, 2.05) is 25.7 Å². The first-order valence-corrected chi connectivity index (χ1v) is 8.82. The number of hydrogen-bond donors (Lipinski definition) is 1. The van der Waals surface area contributed by atoms with Crippen molar-refractivity contribution in [2.75, 3.05) is 39.9 Å². The van der Waals surface area contributed by atoms with Crippen molar-refractivity contribution in [1.29, 1.82) is 0 Å². The Bertz CT molecular complexity index is 450. The second-order valence-electron chi connectivity index (χ2n) is 7.60. The number of amides is 2. The molecule has 7 heteroatoms. The van der Waals surface area contributed by atoms with Crippen LogP contribution in [0.15, 0.2) is 0 Å². The van der Waals surface area contributed by atoms with Crippen LogP contribution in [-0.2, 0) is 14.3 Å². The molecule has 0 aromatic heterocycles. The molecular formula is C17H31N3O4. The van der Waals surface area contributed by atoms with Crippen LogP contribution in [0.1, 0.15) is 40.0 Å². The van der Waals surface area contributed by atoms with Crippen LogP contribution < -0.4 is 5.32 Å². The van der Waals surface area contributed by atoms with Gasteiger partial charge in [-0.2, -0.15) is 0 Å². The van der Waals surface area contributed by atoms with Crippen LogP contribution in [0.4, 0.5) is 4.79 Å². The van der Waals surface area contributed by atoms with Crippen molar-refractivity contribution in [2.45, 2.75) is 57.7 Å². The predicted molar refractivity (Wildman–Crippen MR) is 90.8 cm³/mol. The summed E-state index contributed by atoms with van der Waals surface area (Å²) < 4.78 is 10.8. The summed E-state index contributed by atoms with van der Waals surface area (Å²) in [5.74, 6) is 0.0691. The number of alkyl carbamates (subject to hydrolysis) is 1. The molecule has 0 bridgehead atoms. The Hall–Kier alpha value is -1.34. The van der Waals surface area contributed by atoms with Gasteiger partial charge in [-0.25, -0.2) is 4.79 Å². The Balaban J connectivity index is 1.82. The Kier molecular flexibility index (Phi) is 6.46. The lowest BCUT2D eigenvalue weighted by atomic mass is 10.0. The quantitative estimate of drug-likeness (QED) is 0.833. The van der Waals surface area contributed by atoms with Crippen LogP contribution in [0, 0.1) is 0 Å². The van der Waals surface area contributed by atoms with Crippen molar-refractivity contribution in [1.82, 2.24) is 15.1 Å². The lowest BCUT2D eigenvalue weighted by Crippen LogP contribution is -2.57. The monoisotopic (exact) mass is 341 g/mol. The number of likely N-dealkylation sites (N-methyl/N-ethyl adjacent to an activating group) is 1. The van der Waals surface area contributed by atoms with E-state index in [4.69, 9.17) is 9.47 Å². The van der Waals surface area contributed by atoms with Gasteiger partial charge in [0.15, 0.2) is 0 Å². The molecule has 1 N–H and O–H groups in total. The number of morpholine rings is 1. The molecule has 2 amide bonds. The molecular weight excluding hydrogens is 310 g/mol. The van der Waals surface area contributed by atoms with Gasteiger partial charge in [-0.15, -0.1) is 0 Å². The zero-order chi connectivity index (χ0) is 17.7. The molecule has 2 aliphatic rings. The molecule has 2 rings (SSSR count). The predicted octanol–water partition coefficient (Wildman–Crippen LogP) is 1.22. The molecule has 2 heterocycles. The first kappa shape index (κ1) is 19.0. The normalized spacial score (nSPS) is 25.6. The minimum Gasteiger partial charge on any atom is -0.444 e. The van der Waals surface area contributed by atoms with Crippen molar-refractivity contribution in [3.05, 3.63) is 0 Å². The third-order valence-electron chi connectivity index (χ3n) is 4.51. The smallest absolute Gasteiger partial charge is 0.407 e. The highest BCUT2D eigenvalue weighted by Crippen LogP contribution is 2.24. The van der Waals surface area contributed by atoms with E-state index in [-0.39, 0.29) is 18.4 Å². The van der Waals surface area contributed by atoms with Gasteiger partial charge in [-0.05, 0) is 47.2 Å². The van der Waals surface area contributed by atoms with Crippen LogP contribution in [-0.4, -0.2) is 79.4 Å². The van der Waals surface area contributed by atoms with Crippen molar-refractivity contribution < 1.29 is 19.1 Å². The van der Waals surface area contributed by atoms with E-state index < -0.39 is 11.7 Å². The Labute approximate surface area is 144 Å². The van der Waals surface area contributed by atoms with Gasteiger partial charge in [0, 0.05) is 25.6 Å². The molecule has 138 valence electrons. The highest BCUT2D eigenvalue weighted by molar-refractivity contribution is 5.77. The van der Waals surface area contributed by atoms with Crippen LogP contribution in [0.2, 0.25) is 0 Å². The first-order valence-electron chi connectivity index (χ1n) is 8.82. The van der Waals surface area contributed by atoms with E-state index in [0.717, 1.165) is 13.0 Å². The fourth-order valence-corrected chi connectivity index (χ4v) is 3.40. The van der Waals surface area contributed by atoms with E-state index >= 15 is 0 Å². The van der Waals surface area contributed by atoms with Gasteiger partial charge in [-0.1, -0.05) is 0 Å². The number of carbonyl (C=O) groups excluding carboxylic acids is 2. The lowest BCUT2D eigenvalue weighted by molar-refractivity contribution is -0.142. The number of nitrogens with one attached hydrogen (secondary N) is 1. The lowest BCUT2D eigenvalue weighted by Gasteiger charge is -2.41. The second-order valence-corrected chi connectivity index (χ2v) is 7.60. The third kappa shape index (κ3) is 5.34. The zero-order valence-corrected chi connectivity index (χ0v) is 15.3. The fourth-order valence-electron chi connectivity index (χ4n) is 3.40. The summed E-state index contributed by atoms with van der Waals surface area (Å²) >= 11 is 0. The fraction of sp³-hybridized carbons (Fsp3) is 0.882. The minimum absolute atomic E-state index is 0.0691. The van der Waals surface area contributed by atoms with Crippen LogP contribution in [0.3, 0.4) is 0 Å². The molecule has 0 spiro atoms. The maximum absolute atomic E-state index is 12.6. The number of ether oxygens (including phenoxy) is 2. The topological polar surface area (TPSA) is 71.1 Å². The van der Waals surface area contributed by atoms with Crippen LogP contribution in [0.25, 0.3) is 0 Å². The summed E-state index contributed by atoms with van der Waals surface area (Å²) in [7, 11) is 2.11. The van der Waals surface area contributed by atoms with Gasteiger partial charge in [-0.3, -0.25) is 4.79 Å². The van der Waals surface area contributed by atoms with Gasteiger partial charge >= 0.3 is 6.09 Å². The number of likely N-dealkylation sites (tertiary alicyclic amines) is 1. The third-order valence-corrected chi connectivity index (χ3v) is 4.51. The molecule has 2 atom stereocenters. The van der Waals surface area contributed by atoms with Gasteiger partial charge < -0.3 is 24.6 Å². The van der Waals surface area contributed by atoms with Crippen molar-refractivity contribution >= 4 is 12.0 Å². The Morgan fingerprint density at radius 2 is 2.00 bits per heavy atom. The van der Waals surface area contributed by atoms with E-state index in [9.17, 15) is 9.59 Å². The number of nitrogens with zero attached hydrogens (tertiary/aromatic N) is 2. The molecule has 0 aromatic rings. The molecule has 0 saturated carbocycles. The molecule has 2 saturated heterocycles.